The number of ether oxygens (including phenoxy) is 1. The number of rotatable bonds is 3. The predicted molar refractivity (Wildman–Crippen MR) is 64.4 cm³/mol. The van der Waals surface area contributed by atoms with E-state index in [0.29, 0.717) is 11.4 Å². The van der Waals surface area contributed by atoms with Crippen molar-refractivity contribution in [2.75, 3.05) is 5.73 Å². The van der Waals surface area contributed by atoms with Gasteiger partial charge in [0.15, 0.2) is 0 Å². The van der Waals surface area contributed by atoms with Crippen molar-refractivity contribution in [1.82, 2.24) is 4.98 Å². The van der Waals surface area contributed by atoms with Crippen LogP contribution in [0.25, 0.3) is 0 Å². The third kappa shape index (κ3) is 3.37. The summed E-state index contributed by atoms with van der Waals surface area (Å²) in [6, 6.07) is 8.29. The molecule has 0 aliphatic heterocycles. The van der Waals surface area contributed by atoms with Crippen molar-refractivity contribution in [2.45, 2.75) is 12.8 Å². The Morgan fingerprint density at radius 3 is 2.47 bits per heavy atom. The minimum Gasteiger partial charge on any atom is -0.488 e. The van der Waals surface area contributed by atoms with Gasteiger partial charge >= 0.3 is 6.18 Å². The Morgan fingerprint density at radius 2 is 1.84 bits per heavy atom. The monoisotopic (exact) mass is 268 g/mol. The lowest BCUT2D eigenvalue weighted by Crippen LogP contribution is -2.08. The molecule has 6 heteroatoms. The number of halogens is 3. The Hall–Kier alpha value is -2.24. The molecule has 3 nitrogen and oxygen atoms in total. The fourth-order valence-corrected chi connectivity index (χ4v) is 1.51. The van der Waals surface area contributed by atoms with E-state index in [1.54, 1.807) is 12.1 Å². The average molecular weight is 268 g/mol. The van der Waals surface area contributed by atoms with Crippen LogP contribution in [0.5, 0.6) is 5.75 Å². The lowest BCUT2D eigenvalue weighted by molar-refractivity contribution is -0.139. The molecule has 0 fully saturated rings. The van der Waals surface area contributed by atoms with E-state index in [-0.39, 0.29) is 12.4 Å². The summed E-state index contributed by atoms with van der Waals surface area (Å²) in [6.45, 7) is 0.000370. The maximum absolute atomic E-state index is 12.7. The van der Waals surface area contributed by atoms with Crippen molar-refractivity contribution in [3.63, 3.8) is 0 Å². The normalized spacial score (nSPS) is 11.3. The highest BCUT2D eigenvalue weighted by Crippen LogP contribution is 2.36. The lowest BCUT2D eigenvalue weighted by Gasteiger charge is -2.13. The molecule has 0 saturated carbocycles. The second kappa shape index (κ2) is 5.17. The van der Waals surface area contributed by atoms with Gasteiger partial charge in [-0.2, -0.15) is 13.2 Å². The number of nitrogens with zero attached hydrogens (tertiary/aromatic N) is 1. The minimum absolute atomic E-state index is 0.000370. The van der Waals surface area contributed by atoms with Gasteiger partial charge in [0.05, 0.1) is 5.56 Å². The van der Waals surface area contributed by atoms with Crippen LogP contribution < -0.4 is 10.5 Å². The number of hydrogen-bond donors (Lipinski definition) is 1. The molecule has 0 spiro atoms. The summed E-state index contributed by atoms with van der Waals surface area (Å²) in [5, 5.41) is 0. The SMILES string of the molecule is Nc1ccc(COc2ccccc2C(F)(F)F)cn1. The average Bonchev–Trinajstić information content (AvgIpc) is 2.37. The lowest BCUT2D eigenvalue weighted by atomic mass is 10.2. The first-order valence-corrected chi connectivity index (χ1v) is 5.46. The standard InChI is InChI=1S/C13H11F3N2O/c14-13(15,16)10-3-1-2-4-11(10)19-8-9-5-6-12(17)18-7-9/h1-7H,8H2,(H2,17,18). The van der Waals surface area contributed by atoms with Crippen LogP contribution in [0.4, 0.5) is 19.0 Å². The highest BCUT2D eigenvalue weighted by molar-refractivity contribution is 5.36. The number of pyridine rings is 1. The van der Waals surface area contributed by atoms with Crippen molar-refractivity contribution in [2.24, 2.45) is 0 Å². The fraction of sp³-hybridized carbons (Fsp3) is 0.154. The van der Waals surface area contributed by atoms with Gasteiger partial charge in [-0.25, -0.2) is 4.98 Å². The van der Waals surface area contributed by atoms with Crippen molar-refractivity contribution in [1.29, 1.82) is 0 Å². The predicted octanol–water partition coefficient (Wildman–Crippen LogP) is 3.26. The zero-order valence-electron chi connectivity index (χ0n) is 9.82. The highest BCUT2D eigenvalue weighted by atomic mass is 19.4. The molecule has 2 aromatic rings. The quantitative estimate of drug-likeness (QED) is 0.929. The van der Waals surface area contributed by atoms with Crippen LogP contribution in [-0.4, -0.2) is 4.98 Å². The van der Waals surface area contributed by atoms with Gasteiger partial charge in [-0.3, -0.25) is 0 Å². The first-order valence-electron chi connectivity index (χ1n) is 5.46. The van der Waals surface area contributed by atoms with Gasteiger partial charge in [0.1, 0.15) is 18.2 Å². The van der Waals surface area contributed by atoms with Crippen LogP contribution in [0.1, 0.15) is 11.1 Å². The first-order chi connectivity index (χ1) is 8.97. The number of benzene rings is 1. The molecule has 0 saturated heterocycles. The minimum atomic E-state index is -4.43. The fourth-order valence-electron chi connectivity index (χ4n) is 1.51. The van der Waals surface area contributed by atoms with Crippen molar-refractivity contribution in [3.8, 4) is 5.75 Å². The molecule has 0 aliphatic carbocycles. The molecular weight excluding hydrogens is 257 g/mol. The Kier molecular flexibility index (Phi) is 3.59. The Bertz CT molecular complexity index is 553. The second-order valence-corrected chi connectivity index (χ2v) is 3.87. The summed E-state index contributed by atoms with van der Waals surface area (Å²) in [5.74, 6) is 0.145. The molecule has 100 valence electrons. The number of hydrogen-bond acceptors (Lipinski definition) is 3. The number of alkyl halides is 3. The van der Waals surface area contributed by atoms with Crippen LogP contribution in [0.15, 0.2) is 42.6 Å². The maximum atomic E-state index is 12.7. The van der Waals surface area contributed by atoms with Gasteiger partial charge in [-0.15, -0.1) is 0 Å². The summed E-state index contributed by atoms with van der Waals surface area (Å²) < 4.78 is 43.3. The van der Waals surface area contributed by atoms with Gasteiger partial charge in [0, 0.05) is 11.8 Å². The summed E-state index contributed by atoms with van der Waals surface area (Å²) in [7, 11) is 0. The Balaban J connectivity index is 2.14. The van der Waals surface area contributed by atoms with E-state index in [1.807, 2.05) is 0 Å². The summed E-state index contributed by atoms with van der Waals surface area (Å²) >= 11 is 0. The smallest absolute Gasteiger partial charge is 0.419 e. The van der Waals surface area contributed by atoms with E-state index in [9.17, 15) is 13.2 Å². The third-order valence-electron chi connectivity index (χ3n) is 2.43. The van der Waals surface area contributed by atoms with Crippen molar-refractivity contribution < 1.29 is 17.9 Å². The molecule has 1 aromatic carbocycles. The molecule has 2 N–H and O–H groups in total. The molecule has 0 radical (unpaired) electrons. The largest absolute Gasteiger partial charge is 0.488 e. The summed E-state index contributed by atoms with van der Waals surface area (Å²) in [6.07, 6.45) is -2.97. The van der Waals surface area contributed by atoms with E-state index in [0.717, 1.165) is 6.07 Å². The molecular formula is C13H11F3N2O. The first kappa shape index (κ1) is 13.2. The van der Waals surface area contributed by atoms with Gasteiger partial charge in [-0.1, -0.05) is 18.2 Å². The van der Waals surface area contributed by atoms with E-state index in [1.165, 1.54) is 24.4 Å². The van der Waals surface area contributed by atoms with Crippen molar-refractivity contribution >= 4 is 5.82 Å². The van der Waals surface area contributed by atoms with E-state index >= 15 is 0 Å². The number of nitrogen functional groups attached to an aromatic ring is 1. The molecule has 1 aromatic heterocycles. The van der Waals surface area contributed by atoms with Crippen LogP contribution in [-0.2, 0) is 12.8 Å². The Labute approximate surface area is 107 Å². The van der Waals surface area contributed by atoms with Crippen LogP contribution >= 0.6 is 0 Å². The van der Waals surface area contributed by atoms with Gasteiger partial charge in [0.2, 0.25) is 0 Å². The third-order valence-corrected chi connectivity index (χ3v) is 2.43. The van der Waals surface area contributed by atoms with E-state index in [2.05, 4.69) is 4.98 Å². The molecule has 19 heavy (non-hydrogen) atoms. The van der Waals surface area contributed by atoms with Gasteiger partial charge < -0.3 is 10.5 Å². The van der Waals surface area contributed by atoms with Crippen LogP contribution in [0.3, 0.4) is 0 Å². The summed E-state index contributed by atoms with van der Waals surface area (Å²) in [5.41, 5.74) is 5.27. The zero-order chi connectivity index (χ0) is 13.9. The second-order valence-electron chi connectivity index (χ2n) is 3.87. The Morgan fingerprint density at radius 1 is 1.11 bits per heavy atom. The van der Waals surface area contributed by atoms with Gasteiger partial charge in [-0.05, 0) is 18.2 Å². The molecule has 0 amide bonds. The van der Waals surface area contributed by atoms with Crippen LogP contribution in [0, 0.1) is 0 Å². The molecule has 0 aliphatic rings. The van der Waals surface area contributed by atoms with E-state index in [4.69, 9.17) is 10.5 Å². The number of anilines is 1. The zero-order valence-corrected chi connectivity index (χ0v) is 9.82. The van der Waals surface area contributed by atoms with E-state index < -0.39 is 11.7 Å². The number of aromatic nitrogens is 1. The van der Waals surface area contributed by atoms with Gasteiger partial charge in [0.25, 0.3) is 0 Å². The molecule has 0 atom stereocenters. The molecule has 1 heterocycles. The molecule has 2 rings (SSSR count). The summed E-state index contributed by atoms with van der Waals surface area (Å²) in [4.78, 5) is 3.84. The molecule has 0 bridgehead atoms. The number of para-hydroxylation sites is 1. The topological polar surface area (TPSA) is 48.1 Å². The maximum Gasteiger partial charge on any atom is 0.419 e. The number of nitrogens with two attached hydrogens (primary N) is 1. The van der Waals surface area contributed by atoms with Crippen molar-refractivity contribution in [3.05, 3.63) is 53.7 Å². The molecule has 0 unspecified atom stereocenters. The highest BCUT2D eigenvalue weighted by Gasteiger charge is 2.33. The van der Waals surface area contributed by atoms with Crippen LogP contribution in [0.2, 0.25) is 0 Å².